The fraction of sp³-hybridized carbons (Fsp3) is 0.905. The predicted octanol–water partition coefficient (Wildman–Crippen LogP) is 4.63. The van der Waals surface area contributed by atoms with Crippen molar-refractivity contribution >= 4 is 11.9 Å². The molecular formula is C21H39NO4. The van der Waals surface area contributed by atoms with E-state index in [2.05, 4.69) is 46.6 Å². The average molecular weight is 370 g/mol. The smallest absolute Gasteiger partial charge is 0.306 e. The molecule has 0 aromatic carbocycles. The van der Waals surface area contributed by atoms with Gasteiger partial charge in [-0.05, 0) is 47.6 Å². The highest BCUT2D eigenvalue weighted by Crippen LogP contribution is 2.42. The molecule has 0 amide bonds. The van der Waals surface area contributed by atoms with Crippen molar-refractivity contribution in [3.05, 3.63) is 0 Å². The first-order valence-electron chi connectivity index (χ1n) is 10.1. The number of carboxylic acid groups (broad SMARTS) is 1. The van der Waals surface area contributed by atoms with Crippen LogP contribution >= 0.6 is 0 Å². The minimum absolute atomic E-state index is 0.0108. The van der Waals surface area contributed by atoms with E-state index in [1.807, 2.05) is 0 Å². The molecule has 0 radical (unpaired) electrons. The summed E-state index contributed by atoms with van der Waals surface area (Å²) >= 11 is 0. The first kappa shape index (κ1) is 22.9. The minimum atomic E-state index is -0.720. The monoisotopic (exact) mass is 369 g/mol. The molecule has 2 atom stereocenters. The average Bonchev–Trinajstić information content (AvgIpc) is 2.53. The molecule has 0 saturated carbocycles. The lowest BCUT2D eigenvalue weighted by atomic mass is 9.72. The molecule has 5 nitrogen and oxygen atoms in total. The highest BCUT2D eigenvalue weighted by molar-refractivity contribution is 5.69. The fourth-order valence-electron chi connectivity index (χ4n) is 3.97. The number of aliphatic carboxylic acids is 1. The van der Waals surface area contributed by atoms with Gasteiger partial charge in [0.25, 0.3) is 0 Å². The van der Waals surface area contributed by atoms with Gasteiger partial charge in [-0.3, -0.25) is 14.5 Å². The summed E-state index contributed by atoms with van der Waals surface area (Å²) in [5.74, 6) is -0.509. The van der Waals surface area contributed by atoms with Crippen LogP contribution in [0.4, 0.5) is 0 Å². The molecule has 1 aliphatic rings. The van der Waals surface area contributed by atoms with Gasteiger partial charge in [-0.2, -0.15) is 0 Å². The SMILES string of the molecule is C[C@@H]1[C@H](OC(=O)CCCCCCCCC(=O)O)CC(C)(C)N(C)C1(C)C. The van der Waals surface area contributed by atoms with Gasteiger partial charge in [0.15, 0.2) is 0 Å². The van der Waals surface area contributed by atoms with E-state index < -0.39 is 5.97 Å². The van der Waals surface area contributed by atoms with E-state index in [0.29, 0.717) is 12.3 Å². The first-order valence-corrected chi connectivity index (χ1v) is 10.1. The fourth-order valence-corrected chi connectivity index (χ4v) is 3.97. The van der Waals surface area contributed by atoms with Crippen molar-refractivity contribution in [3.63, 3.8) is 0 Å². The van der Waals surface area contributed by atoms with Gasteiger partial charge in [0.05, 0.1) is 0 Å². The van der Waals surface area contributed by atoms with Gasteiger partial charge in [0.2, 0.25) is 0 Å². The summed E-state index contributed by atoms with van der Waals surface area (Å²) in [7, 11) is 2.16. The maximum absolute atomic E-state index is 12.3. The van der Waals surface area contributed by atoms with Crippen LogP contribution in [0.2, 0.25) is 0 Å². The molecule has 0 unspecified atom stereocenters. The van der Waals surface area contributed by atoms with Gasteiger partial charge < -0.3 is 9.84 Å². The summed E-state index contributed by atoms with van der Waals surface area (Å²) in [4.78, 5) is 25.1. The summed E-state index contributed by atoms with van der Waals surface area (Å²) in [5, 5.41) is 8.59. The number of esters is 1. The van der Waals surface area contributed by atoms with Gasteiger partial charge in [-0.25, -0.2) is 0 Å². The van der Waals surface area contributed by atoms with Gasteiger partial charge in [0, 0.05) is 36.3 Å². The van der Waals surface area contributed by atoms with Crippen LogP contribution < -0.4 is 0 Å². The molecule has 0 aromatic rings. The number of carbonyl (C=O) groups is 2. The molecule has 26 heavy (non-hydrogen) atoms. The van der Waals surface area contributed by atoms with Gasteiger partial charge in [-0.15, -0.1) is 0 Å². The summed E-state index contributed by atoms with van der Waals surface area (Å²) in [5.41, 5.74) is -0.000439. The normalized spacial score (nSPS) is 25.0. The lowest BCUT2D eigenvalue weighted by Crippen LogP contribution is -2.64. The van der Waals surface area contributed by atoms with Crippen molar-refractivity contribution in [2.24, 2.45) is 5.92 Å². The van der Waals surface area contributed by atoms with E-state index in [1.54, 1.807) is 0 Å². The Morgan fingerprint density at radius 2 is 1.50 bits per heavy atom. The second-order valence-electron chi connectivity index (χ2n) is 9.06. The minimum Gasteiger partial charge on any atom is -0.481 e. The Kier molecular flexibility index (Phi) is 8.58. The Balaban J connectivity index is 2.29. The lowest BCUT2D eigenvalue weighted by Gasteiger charge is -2.56. The van der Waals surface area contributed by atoms with Crippen LogP contribution in [0.25, 0.3) is 0 Å². The molecule has 0 aromatic heterocycles. The number of rotatable bonds is 10. The molecule has 0 aliphatic carbocycles. The molecule has 1 rings (SSSR count). The molecule has 1 aliphatic heterocycles. The van der Waals surface area contributed by atoms with Crippen molar-refractivity contribution in [1.82, 2.24) is 4.90 Å². The number of hydrogen-bond donors (Lipinski definition) is 1. The van der Waals surface area contributed by atoms with Crippen LogP contribution in [-0.2, 0) is 14.3 Å². The van der Waals surface area contributed by atoms with Crippen LogP contribution in [0.5, 0.6) is 0 Å². The van der Waals surface area contributed by atoms with E-state index in [0.717, 1.165) is 44.9 Å². The Morgan fingerprint density at radius 3 is 2.04 bits per heavy atom. The van der Waals surface area contributed by atoms with Crippen molar-refractivity contribution in [2.45, 2.75) is 110 Å². The predicted molar refractivity (Wildman–Crippen MR) is 104 cm³/mol. The van der Waals surface area contributed by atoms with Crippen LogP contribution in [0.3, 0.4) is 0 Å². The first-order chi connectivity index (χ1) is 12.0. The molecular weight excluding hydrogens is 330 g/mol. The number of hydrogen-bond acceptors (Lipinski definition) is 4. The van der Waals surface area contributed by atoms with Crippen molar-refractivity contribution in [3.8, 4) is 0 Å². The highest BCUT2D eigenvalue weighted by atomic mass is 16.5. The Bertz CT molecular complexity index is 473. The molecule has 152 valence electrons. The van der Waals surface area contributed by atoms with Crippen molar-refractivity contribution in [1.29, 1.82) is 0 Å². The number of unbranched alkanes of at least 4 members (excludes halogenated alkanes) is 5. The highest BCUT2D eigenvalue weighted by Gasteiger charge is 2.49. The van der Waals surface area contributed by atoms with Crippen molar-refractivity contribution < 1.29 is 19.4 Å². The molecule has 1 N–H and O–H groups in total. The summed E-state index contributed by atoms with van der Waals surface area (Å²) in [6.45, 7) is 11.1. The zero-order chi connectivity index (χ0) is 20.0. The quantitative estimate of drug-likeness (QED) is 0.449. The van der Waals surface area contributed by atoms with E-state index in [4.69, 9.17) is 9.84 Å². The molecule has 0 spiro atoms. The van der Waals surface area contributed by atoms with Crippen molar-refractivity contribution in [2.75, 3.05) is 7.05 Å². The number of carboxylic acids is 1. The largest absolute Gasteiger partial charge is 0.481 e. The van der Waals surface area contributed by atoms with Crippen LogP contribution in [0.15, 0.2) is 0 Å². The third-order valence-electron chi connectivity index (χ3n) is 6.45. The molecule has 1 fully saturated rings. The number of piperidine rings is 1. The number of likely N-dealkylation sites (tertiary alicyclic amines) is 1. The van der Waals surface area contributed by atoms with E-state index in [1.165, 1.54) is 0 Å². The molecule has 0 bridgehead atoms. The summed E-state index contributed by atoms with van der Waals surface area (Å²) in [6.07, 6.45) is 7.22. The van der Waals surface area contributed by atoms with Gasteiger partial charge >= 0.3 is 11.9 Å². The summed E-state index contributed by atoms with van der Waals surface area (Å²) < 4.78 is 5.86. The van der Waals surface area contributed by atoms with E-state index >= 15 is 0 Å². The standard InChI is InChI=1S/C21H39NO4/c1-16-17(15-20(2,3)22(6)21(16,4)5)26-19(25)14-12-10-8-7-9-11-13-18(23)24/h16-17H,7-15H2,1-6H3,(H,23,24)/t16-,17-/m1/s1. The van der Waals surface area contributed by atoms with Crippen LogP contribution in [0.1, 0.15) is 92.4 Å². The van der Waals surface area contributed by atoms with Gasteiger partial charge in [-0.1, -0.05) is 32.6 Å². The number of carbonyl (C=O) groups excluding carboxylic acids is 1. The Hall–Kier alpha value is -1.10. The van der Waals surface area contributed by atoms with Gasteiger partial charge in [0.1, 0.15) is 6.10 Å². The topological polar surface area (TPSA) is 66.8 Å². The molecule has 1 heterocycles. The maximum atomic E-state index is 12.3. The third-order valence-corrected chi connectivity index (χ3v) is 6.45. The van der Waals surface area contributed by atoms with Crippen LogP contribution in [-0.4, -0.2) is 46.2 Å². The summed E-state index contributed by atoms with van der Waals surface area (Å²) in [6, 6.07) is 0. The van der Waals surface area contributed by atoms with Crippen LogP contribution in [0, 0.1) is 5.92 Å². The number of ether oxygens (including phenoxy) is 1. The lowest BCUT2D eigenvalue weighted by molar-refractivity contribution is -0.168. The zero-order valence-electron chi connectivity index (χ0n) is 17.6. The Morgan fingerprint density at radius 1 is 1.00 bits per heavy atom. The zero-order valence-corrected chi connectivity index (χ0v) is 17.6. The molecule has 1 saturated heterocycles. The van der Waals surface area contributed by atoms with E-state index in [-0.39, 0.29) is 29.6 Å². The maximum Gasteiger partial charge on any atom is 0.306 e. The second-order valence-corrected chi connectivity index (χ2v) is 9.06. The van der Waals surface area contributed by atoms with E-state index in [9.17, 15) is 9.59 Å². The third kappa shape index (κ3) is 6.57. The molecule has 5 heteroatoms. The second kappa shape index (κ2) is 9.72. The number of nitrogens with zero attached hydrogens (tertiary/aromatic N) is 1. The Labute approximate surface area is 159 Å².